The van der Waals surface area contributed by atoms with Gasteiger partial charge in [-0.1, -0.05) is 11.6 Å². The van der Waals surface area contributed by atoms with Crippen LogP contribution < -0.4 is 5.73 Å². The molecule has 2 heterocycles. The predicted molar refractivity (Wildman–Crippen MR) is 68.2 cm³/mol. The van der Waals surface area contributed by atoms with Gasteiger partial charge in [-0.15, -0.1) is 0 Å². The molecule has 1 aliphatic rings. The van der Waals surface area contributed by atoms with Crippen molar-refractivity contribution in [3.63, 3.8) is 0 Å². The zero-order valence-electron chi connectivity index (χ0n) is 10.5. The lowest BCUT2D eigenvalue weighted by Crippen LogP contribution is -2.40. The number of halogens is 1. The first-order chi connectivity index (χ1) is 8.08. The molecule has 1 aliphatic heterocycles. The minimum atomic E-state index is 0.0374. The van der Waals surface area contributed by atoms with Gasteiger partial charge in [0.25, 0.3) is 0 Å². The van der Waals surface area contributed by atoms with E-state index < -0.39 is 0 Å². The molecular formula is C12H20ClN3O. The molecule has 0 aliphatic carbocycles. The molecule has 1 atom stereocenters. The Balaban J connectivity index is 2.23. The topological polar surface area (TPSA) is 53.1 Å². The number of rotatable bonds is 3. The minimum Gasteiger partial charge on any atom is -0.381 e. The van der Waals surface area contributed by atoms with Crippen LogP contribution in [0.1, 0.15) is 24.1 Å². The van der Waals surface area contributed by atoms with Gasteiger partial charge in [-0.05, 0) is 26.2 Å². The highest BCUT2D eigenvalue weighted by atomic mass is 35.5. The highest BCUT2D eigenvalue weighted by molar-refractivity contribution is 6.30. The van der Waals surface area contributed by atoms with E-state index in [1.807, 2.05) is 14.0 Å². The summed E-state index contributed by atoms with van der Waals surface area (Å²) in [6.45, 7) is 4.21. The van der Waals surface area contributed by atoms with Crippen LogP contribution in [-0.4, -0.2) is 29.5 Å². The van der Waals surface area contributed by atoms with Crippen molar-refractivity contribution in [2.24, 2.45) is 18.2 Å². The standard InChI is InChI=1S/C12H20ClN3O/c1-9-10(11(13)16(2)15-9)6-12(7-14)4-3-5-17-8-12/h3-8,14H2,1-2H3. The molecule has 17 heavy (non-hydrogen) atoms. The van der Waals surface area contributed by atoms with Crippen LogP contribution >= 0.6 is 11.6 Å². The zero-order chi connectivity index (χ0) is 12.5. The van der Waals surface area contributed by atoms with Crippen LogP contribution in [0.15, 0.2) is 0 Å². The summed E-state index contributed by atoms with van der Waals surface area (Å²) in [5.41, 5.74) is 8.09. The van der Waals surface area contributed by atoms with Gasteiger partial charge in [-0.3, -0.25) is 4.68 Å². The summed E-state index contributed by atoms with van der Waals surface area (Å²) in [5, 5.41) is 5.07. The van der Waals surface area contributed by atoms with E-state index in [0.29, 0.717) is 6.54 Å². The van der Waals surface area contributed by atoms with Crippen molar-refractivity contribution in [1.82, 2.24) is 9.78 Å². The maximum Gasteiger partial charge on any atom is 0.130 e. The van der Waals surface area contributed by atoms with Gasteiger partial charge in [0.1, 0.15) is 5.15 Å². The molecule has 1 aromatic heterocycles. The lowest BCUT2D eigenvalue weighted by molar-refractivity contribution is -0.00270. The maximum atomic E-state index is 6.27. The molecule has 0 spiro atoms. The molecule has 96 valence electrons. The zero-order valence-corrected chi connectivity index (χ0v) is 11.3. The van der Waals surface area contributed by atoms with Gasteiger partial charge in [0, 0.05) is 31.2 Å². The first-order valence-corrected chi connectivity index (χ1v) is 6.41. The predicted octanol–water partition coefficient (Wildman–Crippen LogP) is 1.68. The molecule has 5 heteroatoms. The Kier molecular flexibility index (Phi) is 3.76. The van der Waals surface area contributed by atoms with Crippen LogP contribution in [-0.2, 0) is 18.2 Å². The average Bonchev–Trinajstić information content (AvgIpc) is 2.57. The first kappa shape index (κ1) is 12.9. The molecule has 0 bridgehead atoms. The average molecular weight is 258 g/mol. The van der Waals surface area contributed by atoms with Crippen molar-refractivity contribution in [3.05, 3.63) is 16.4 Å². The van der Waals surface area contributed by atoms with Crippen molar-refractivity contribution < 1.29 is 4.74 Å². The Morgan fingerprint density at radius 3 is 2.82 bits per heavy atom. The molecule has 1 aromatic rings. The summed E-state index contributed by atoms with van der Waals surface area (Å²) in [6.07, 6.45) is 3.05. The summed E-state index contributed by atoms with van der Waals surface area (Å²) >= 11 is 6.27. The van der Waals surface area contributed by atoms with Gasteiger partial charge < -0.3 is 10.5 Å². The quantitative estimate of drug-likeness (QED) is 0.896. The Hall–Kier alpha value is -0.580. The van der Waals surface area contributed by atoms with Crippen molar-refractivity contribution in [2.45, 2.75) is 26.2 Å². The van der Waals surface area contributed by atoms with Crippen molar-refractivity contribution in [3.8, 4) is 0 Å². The van der Waals surface area contributed by atoms with Crippen molar-refractivity contribution in [1.29, 1.82) is 0 Å². The van der Waals surface area contributed by atoms with E-state index in [2.05, 4.69) is 5.10 Å². The van der Waals surface area contributed by atoms with Gasteiger partial charge in [-0.2, -0.15) is 5.10 Å². The summed E-state index contributed by atoms with van der Waals surface area (Å²) < 4.78 is 7.31. The second-order valence-corrected chi connectivity index (χ2v) is 5.37. The summed E-state index contributed by atoms with van der Waals surface area (Å²) in [5.74, 6) is 0. The van der Waals surface area contributed by atoms with E-state index >= 15 is 0 Å². The first-order valence-electron chi connectivity index (χ1n) is 6.04. The number of hydrogen-bond donors (Lipinski definition) is 1. The third-order valence-corrected chi connectivity index (χ3v) is 4.13. The second kappa shape index (κ2) is 4.96. The summed E-state index contributed by atoms with van der Waals surface area (Å²) in [7, 11) is 1.87. The fourth-order valence-corrected chi connectivity index (χ4v) is 2.77. The molecule has 4 nitrogen and oxygen atoms in total. The van der Waals surface area contributed by atoms with Gasteiger partial charge in [0.15, 0.2) is 0 Å². The Morgan fingerprint density at radius 2 is 2.35 bits per heavy atom. The fourth-order valence-electron chi connectivity index (χ4n) is 2.53. The largest absolute Gasteiger partial charge is 0.381 e. The molecule has 1 fully saturated rings. The SMILES string of the molecule is Cc1nn(C)c(Cl)c1CC1(CN)CCCOC1. The monoisotopic (exact) mass is 257 g/mol. The highest BCUT2D eigenvalue weighted by Crippen LogP contribution is 2.34. The molecule has 2 N–H and O–H groups in total. The van der Waals surface area contributed by atoms with E-state index in [9.17, 15) is 0 Å². The van der Waals surface area contributed by atoms with E-state index in [-0.39, 0.29) is 5.41 Å². The van der Waals surface area contributed by atoms with Gasteiger partial charge in [0.05, 0.1) is 12.3 Å². The van der Waals surface area contributed by atoms with Gasteiger partial charge in [0.2, 0.25) is 0 Å². The van der Waals surface area contributed by atoms with E-state index in [0.717, 1.165) is 48.9 Å². The maximum absolute atomic E-state index is 6.27. The van der Waals surface area contributed by atoms with E-state index in [1.54, 1.807) is 4.68 Å². The number of aryl methyl sites for hydroxylation is 2. The van der Waals surface area contributed by atoms with Gasteiger partial charge in [-0.25, -0.2) is 0 Å². The van der Waals surface area contributed by atoms with Gasteiger partial charge >= 0.3 is 0 Å². The van der Waals surface area contributed by atoms with Crippen LogP contribution in [0.2, 0.25) is 5.15 Å². The Bertz CT molecular complexity index is 397. The third-order valence-electron chi connectivity index (χ3n) is 3.66. The van der Waals surface area contributed by atoms with Crippen molar-refractivity contribution in [2.75, 3.05) is 19.8 Å². The van der Waals surface area contributed by atoms with Crippen LogP contribution in [0.3, 0.4) is 0 Å². The van der Waals surface area contributed by atoms with Crippen LogP contribution in [0.25, 0.3) is 0 Å². The molecule has 2 rings (SSSR count). The lowest BCUT2D eigenvalue weighted by Gasteiger charge is -2.36. The highest BCUT2D eigenvalue weighted by Gasteiger charge is 2.33. The van der Waals surface area contributed by atoms with E-state index in [1.165, 1.54) is 0 Å². The second-order valence-electron chi connectivity index (χ2n) is 5.02. The number of hydrogen-bond acceptors (Lipinski definition) is 3. The number of nitrogens with zero attached hydrogens (tertiary/aromatic N) is 2. The number of nitrogens with two attached hydrogens (primary N) is 1. The summed E-state index contributed by atoms with van der Waals surface area (Å²) in [6, 6.07) is 0. The van der Waals surface area contributed by atoms with Crippen LogP contribution in [0, 0.1) is 12.3 Å². The lowest BCUT2D eigenvalue weighted by atomic mass is 9.77. The Labute approximate surface area is 107 Å². The molecule has 0 amide bonds. The minimum absolute atomic E-state index is 0.0374. The molecule has 1 unspecified atom stereocenters. The molecule has 0 aromatic carbocycles. The third kappa shape index (κ3) is 2.49. The fraction of sp³-hybridized carbons (Fsp3) is 0.750. The van der Waals surface area contributed by atoms with E-state index in [4.69, 9.17) is 22.1 Å². The Morgan fingerprint density at radius 1 is 1.59 bits per heavy atom. The summed E-state index contributed by atoms with van der Waals surface area (Å²) in [4.78, 5) is 0. The molecular weight excluding hydrogens is 238 g/mol. The number of ether oxygens (including phenoxy) is 1. The van der Waals surface area contributed by atoms with Crippen molar-refractivity contribution >= 4 is 11.6 Å². The smallest absolute Gasteiger partial charge is 0.130 e. The number of aromatic nitrogens is 2. The molecule has 1 saturated heterocycles. The molecule has 0 saturated carbocycles. The molecule has 0 radical (unpaired) electrons. The van der Waals surface area contributed by atoms with Crippen LogP contribution in [0.4, 0.5) is 0 Å². The van der Waals surface area contributed by atoms with Crippen LogP contribution in [0.5, 0.6) is 0 Å². The normalized spacial score (nSPS) is 25.2.